The molecule has 3 rings (SSSR count). The predicted molar refractivity (Wildman–Crippen MR) is 107 cm³/mol. The van der Waals surface area contributed by atoms with Crippen molar-refractivity contribution in [3.8, 4) is 34.0 Å². The van der Waals surface area contributed by atoms with Crippen LogP contribution in [0.2, 0.25) is 0 Å². The van der Waals surface area contributed by atoms with Gasteiger partial charge in [0.1, 0.15) is 22.7 Å². The molecule has 136 valence electrons. The Labute approximate surface area is 165 Å². The number of thiazole rings is 1. The number of nitro benzene ring substituents is 1. The number of hydrogen-bond acceptors (Lipinski definition) is 7. The summed E-state index contributed by atoms with van der Waals surface area (Å²) in [5.41, 5.74) is 3.56. The highest BCUT2D eigenvalue weighted by Gasteiger charge is 2.14. The number of rotatable bonds is 5. The number of aromatic nitrogens is 1. The average Bonchev–Trinajstić information content (AvgIpc) is 3.19. The molecule has 8 heteroatoms. The zero-order valence-electron chi connectivity index (χ0n) is 14.7. The molecule has 0 atom stereocenters. The molecule has 2 aromatic carbocycles. The Morgan fingerprint density at radius 3 is 2.71 bits per heavy atom. The summed E-state index contributed by atoms with van der Waals surface area (Å²) in [6.45, 7) is 1.70. The number of nitro groups is 1. The fourth-order valence-electron chi connectivity index (χ4n) is 2.49. The molecule has 0 bridgehead atoms. The number of benzene rings is 2. The molecule has 1 heterocycles. The second kappa shape index (κ2) is 8.12. The van der Waals surface area contributed by atoms with Crippen LogP contribution in [0.4, 0.5) is 11.4 Å². The van der Waals surface area contributed by atoms with Gasteiger partial charge in [-0.1, -0.05) is 24.3 Å². The number of allylic oxidation sites excluding steroid dienone is 1. The lowest BCUT2D eigenvalue weighted by Crippen LogP contribution is -1.92. The van der Waals surface area contributed by atoms with Gasteiger partial charge < -0.3 is 5.32 Å². The number of nitriles is 2. The van der Waals surface area contributed by atoms with E-state index >= 15 is 0 Å². The maximum Gasteiger partial charge on any atom is 0.272 e. The standard InChI is InChI=1S/C20H13N5O2S/c1-13-5-6-15(8-19(13)25(26)27)18-12-28-20(24-18)16-3-2-4-17(7-16)23-11-14(9-21)10-22/h2-8,11-12,23H,1H3. The van der Waals surface area contributed by atoms with Crippen LogP contribution in [0, 0.1) is 39.7 Å². The summed E-state index contributed by atoms with van der Waals surface area (Å²) in [5.74, 6) is 0. The highest BCUT2D eigenvalue weighted by atomic mass is 32.1. The molecule has 28 heavy (non-hydrogen) atoms. The van der Waals surface area contributed by atoms with E-state index in [0.29, 0.717) is 22.5 Å². The van der Waals surface area contributed by atoms with Crippen LogP contribution in [0.3, 0.4) is 0 Å². The van der Waals surface area contributed by atoms with Gasteiger partial charge in [0, 0.05) is 40.0 Å². The van der Waals surface area contributed by atoms with Gasteiger partial charge >= 0.3 is 0 Å². The van der Waals surface area contributed by atoms with Gasteiger partial charge in [0.05, 0.1) is 10.6 Å². The van der Waals surface area contributed by atoms with Gasteiger partial charge in [-0.2, -0.15) is 10.5 Å². The molecule has 0 unspecified atom stereocenters. The minimum atomic E-state index is -0.397. The third-order valence-corrected chi connectivity index (χ3v) is 4.83. The lowest BCUT2D eigenvalue weighted by Gasteiger charge is -2.03. The molecule has 0 saturated carbocycles. The summed E-state index contributed by atoms with van der Waals surface area (Å²) in [4.78, 5) is 15.4. The Bertz CT molecular complexity index is 1150. The Morgan fingerprint density at radius 1 is 1.21 bits per heavy atom. The topological polar surface area (TPSA) is 116 Å². The van der Waals surface area contributed by atoms with Gasteiger partial charge in [0.2, 0.25) is 0 Å². The molecule has 0 radical (unpaired) electrons. The van der Waals surface area contributed by atoms with Crippen LogP contribution >= 0.6 is 11.3 Å². The van der Waals surface area contributed by atoms with Crippen molar-refractivity contribution in [2.75, 3.05) is 5.32 Å². The van der Waals surface area contributed by atoms with Crippen molar-refractivity contribution in [1.29, 1.82) is 10.5 Å². The normalized spacial score (nSPS) is 9.82. The second-order valence-corrected chi connectivity index (χ2v) is 6.66. The van der Waals surface area contributed by atoms with Crippen LogP contribution in [0.25, 0.3) is 21.8 Å². The molecule has 0 amide bonds. The first-order chi connectivity index (χ1) is 13.5. The molecule has 7 nitrogen and oxygen atoms in total. The molecule has 0 aliphatic heterocycles. The highest BCUT2D eigenvalue weighted by molar-refractivity contribution is 7.13. The van der Waals surface area contributed by atoms with E-state index in [2.05, 4.69) is 10.3 Å². The van der Waals surface area contributed by atoms with Crippen molar-refractivity contribution in [1.82, 2.24) is 4.98 Å². The first kappa shape index (κ1) is 18.8. The quantitative estimate of drug-likeness (QED) is 0.372. The SMILES string of the molecule is Cc1ccc(-c2csc(-c3cccc(NC=C(C#N)C#N)c3)n2)cc1[N+](=O)[O-]. The molecule has 0 spiro atoms. The summed E-state index contributed by atoms with van der Waals surface area (Å²) < 4.78 is 0. The smallest absolute Gasteiger partial charge is 0.272 e. The molecular formula is C20H13N5O2S. The zero-order valence-corrected chi connectivity index (χ0v) is 15.5. The number of anilines is 1. The second-order valence-electron chi connectivity index (χ2n) is 5.80. The Balaban J connectivity index is 1.89. The van der Waals surface area contributed by atoms with Crippen molar-refractivity contribution in [2.24, 2.45) is 0 Å². The van der Waals surface area contributed by atoms with Crippen LogP contribution in [0.5, 0.6) is 0 Å². The highest BCUT2D eigenvalue weighted by Crippen LogP contribution is 2.32. The Kier molecular flexibility index (Phi) is 5.45. The lowest BCUT2D eigenvalue weighted by atomic mass is 10.1. The molecule has 0 saturated heterocycles. The third kappa shape index (κ3) is 4.04. The fourth-order valence-corrected chi connectivity index (χ4v) is 3.32. The van der Waals surface area contributed by atoms with Crippen molar-refractivity contribution in [2.45, 2.75) is 6.92 Å². The summed E-state index contributed by atoms with van der Waals surface area (Å²) in [6.07, 6.45) is 1.35. The van der Waals surface area contributed by atoms with Gasteiger partial charge in [0.15, 0.2) is 0 Å². The van der Waals surface area contributed by atoms with Crippen molar-refractivity contribution >= 4 is 22.7 Å². The van der Waals surface area contributed by atoms with E-state index in [1.807, 2.05) is 35.7 Å². The number of nitrogens with zero attached hydrogens (tertiary/aromatic N) is 4. The van der Waals surface area contributed by atoms with Crippen LogP contribution in [-0.4, -0.2) is 9.91 Å². The Morgan fingerprint density at radius 2 is 2.00 bits per heavy atom. The van der Waals surface area contributed by atoms with Gasteiger partial charge in [-0.05, 0) is 19.1 Å². The van der Waals surface area contributed by atoms with Crippen LogP contribution in [-0.2, 0) is 0 Å². The lowest BCUT2D eigenvalue weighted by molar-refractivity contribution is -0.385. The van der Waals surface area contributed by atoms with E-state index in [9.17, 15) is 10.1 Å². The number of hydrogen-bond donors (Lipinski definition) is 1. The van der Waals surface area contributed by atoms with E-state index < -0.39 is 4.92 Å². The summed E-state index contributed by atoms with van der Waals surface area (Å²) in [5, 5.41) is 34.3. The van der Waals surface area contributed by atoms with E-state index in [0.717, 1.165) is 10.6 Å². The number of nitrogens with one attached hydrogen (secondary N) is 1. The number of aryl methyl sites for hydroxylation is 1. The zero-order chi connectivity index (χ0) is 20.1. The first-order valence-corrected chi connectivity index (χ1v) is 8.98. The minimum Gasteiger partial charge on any atom is -0.360 e. The fraction of sp³-hybridized carbons (Fsp3) is 0.0500. The van der Waals surface area contributed by atoms with E-state index in [1.165, 1.54) is 23.6 Å². The minimum absolute atomic E-state index is 0.0251. The van der Waals surface area contributed by atoms with E-state index in [1.54, 1.807) is 25.1 Å². The summed E-state index contributed by atoms with van der Waals surface area (Å²) in [7, 11) is 0. The first-order valence-electron chi connectivity index (χ1n) is 8.10. The van der Waals surface area contributed by atoms with E-state index in [-0.39, 0.29) is 11.3 Å². The van der Waals surface area contributed by atoms with Gasteiger partial charge in [-0.3, -0.25) is 10.1 Å². The van der Waals surface area contributed by atoms with Crippen molar-refractivity contribution < 1.29 is 4.92 Å². The Hall–Kier alpha value is -4.01. The molecule has 3 aromatic rings. The largest absolute Gasteiger partial charge is 0.360 e. The molecule has 0 aliphatic carbocycles. The maximum absolute atomic E-state index is 11.2. The summed E-state index contributed by atoms with van der Waals surface area (Å²) >= 11 is 1.43. The van der Waals surface area contributed by atoms with E-state index in [4.69, 9.17) is 10.5 Å². The molecular weight excluding hydrogens is 374 g/mol. The van der Waals surface area contributed by atoms with Crippen molar-refractivity contribution in [3.63, 3.8) is 0 Å². The molecule has 1 aromatic heterocycles. The van der Waals surface area contributed by atoms with Crippen LogP contribution in [0.15, 0.2) is 59.6 Å². The van der Waals surface area contributed by atoms with Crippen LogP contribution < -0.4 is 5.32 Å². The average molecular weight is 387 g/mol. The predicted octanol–water partition coefficient (Wildman–Crippen LogP) is 5.04. The molecule has 0 fully saturated rings. The molecule has 1 N–H and O–H groups in total. The summed E-state index contributed by atoms with van der Waals surface area (Å²) in [6, 6.07) is 16.0. The molecule has 0 aliphatic rings. The van der Waals surface area contributed by atoms with Gasteiger partial charge in [0.25, 0.3) is 5.69 Å². The van der Waals surface area contributed by atoms with Crippen molar-refractivity contribution in [3.05, 3.63) is 75.3 Å². The van der Waals surface area contributed by atoms with Gasteiger partial charge in [-0.25, -0.2) is 4.98 Å². The van der Waals surface area contributed by atoms with Crippen LogP contribution in [0.1, 0.15) is 5.56 Å². The monoisotopic (exact) mass is 387 g/mol. The third-order valence-electron chi connectivity index (χ3n) is 3.94. The maximum atomic E-state index is 11.2. The van der Waals surface area contributed by atoms with Gasteiger partial charge in [-0.15, -0.1) is 11.3 Å².